The van der Waals surface area contributed by atoms with Gasteiger partial charge in [0.2, 0.25) is 5.91 Å². The molecule has 0 rings (SSSR count). The smallest absolute Gasteiger partial charge is 0.236 e. The van der Waals surface area contributed by atoms with Gasteiger partial charge in [-0.25, -0.2) is 0 Å². The molecule has 0 aliphatic heterocycles. The maximum atomic E-state index is 11.9. The number of hydrogen-bond donors (Lipinski definition) is 2. The Balaban J connectivity index is 4.10. The molecular formula is C12H27N3O2. The molecule has 0 radical (unpaired) electrons. The van der Waals surface area contributed by atoms with E-state index in [-0.39, 0.29) is 12.5 Å². The standard InChI is InChI=1S/C12H27N3O2/c1-11(2)15(8-5-9-16)10-12(17)14(3)7-4-6-13/h11,16H,4-10,13H2,1-3H3. The van der Waals surface area contributed by atoms with Crippen LogP contribution in [0.25, 0.3) is 0 Å². The monoisotopic (exact) mass is 245 g/mol. The Labute approximate surface area is 105 Å². The van der Waals surface area contributed by atoms with Gasteiger partial charge in [-0.15, -0.1) is 0 Å². The highest BCUT2D eigenvalue weighted by Crippen LogP contribution is 2.01. The zero-order valence-electron chi connectivity index (χ0n) is 11.4. The number of carbonyl (C=O) groups excluding carboxylic acids is 1. The Bertz CT molecular complexity index is 210. The van der Waals surface area contributed by atoms with Gasteiger partial charge in [-0.3, -0.25) is 9.69 Å². The predicted octanol–water partition coefficient (Wildman–Crippen LogP) is -0.114. The van der Waals surface area contributed by atoms with E-state index in [1.807, 2.05) is 7.05 Å². The fourth-order valence-electron chi connectivity index (χ4n) is 1.54. The molecule has 0 aromatic carbocycles. The molecular weight excluding hydrogens is 218 g/mol. The summed E-state index contributed by atoms with van der Waals surface area (Å²) in [5.74, 6) is 0.116. The van der Waals surface area contributed by atoms with E-state index in [4.69, 9.17) is 10.8 Å². The number of nitrogens with zero attached hydrogens (tertiary/aromatic N) is 2. The van der Waals surface area contributed by atoms with Gasteiger partial charge < -0.3 is 15.7 Å². The van der Waals surface area contributed by atoms with Crippen LogP contribution in [-0.2, 0) is 4.79 Å². The summed E-state index contributed by atoms with van der Waals surface area (Å²) in [4.78, 5) is 15.7. The minimum Gasteiger partial charge on any atom is -0.396 e. The van der Waals surface area contributed by atoms with Gasteiger partial charge in [-0.1, -0.05) is 0 Å². The first kappa shape index (κ1) is 16.4. The summed E-state index contributed by atoms with van der Waals surface area (Å²) < 4.78 is 0. The molecule has 1 amide bonds. The Morgan fingerprint density at radius 3 is 2.41 bits per heavy atom. The summed E-state index contributed by atoms with van der Waals surface area (Å²) in [6.45, 7) is 6.77. The molecule has 0 heterocycles. The highest BCUT2D eigenvalue weighted by atomic mass is 16.3. The third kappa shape index (κ3) is 7.31. The fraction of sp³-hybridized carbons (Fsp3) is 0.917. The number of aliphatic hydroxyl groups excluding tert-OH is 1. The zero-order chi connectivity index (χ0) is 13.3. The molecule has 0 aromatic rings. The molecule has 5 nitrogen and oxygen atoms in total. The molecule has 0 unspecified atom stereocenters. The third-order valence-electron chi connectivity index (χ3n) is 2.80. The molecule has 0 bridgehead atoms. The van der Waals surface area contributed by atoms with Gasteiger partial charge in [-0.05, 0) is 33.2 Å². The van der Waals surface area contributed by atoms with Gasteiger partial charge in [-0.2, -0.15) is 0 Å². The first-order valence-electron chi connectivity index (χ1n) is 6.31. The topological polar surface area (TPSA) is 69.8 Å². The van der Waals surface area contributed by atoms with Crippen LogP contribution < -0.4 is 5.73 Å². The Kier molecular flexibility index (Phi) is 9.03. The predicted molar refractivity (Wildman–Crippen MR) is 69.7 cm³/mol. The molecule has 102 valence electrons. The number of amides is 1. The second-order valence-corrected chi connectivity index (χ2v) is 4.60. The molecule has 0 saturated heterocycles. The van der Waals surface area contributed by atoms with Crippen LogP contribution in [-0.4, -0.2) is 66.7 Å². The van der Waals surface area contributed by atoms with Gasteiger partial charge in [0.15, 0.2) is 0 Å². The SMILES string of the molecule is CC(C)N(CCCO)CC(=O)N(C)CCCN. The maximum Gasteiger partial charge on any atom is 0.236 e. The number of nitrogens with two attached hydrogens (primary N) is 1. The Morgan fingerprint density at radius 1 is 1.29 bits per heavy atom. The maximum absolute atomic E-state index is 11.9. The first-order valence-corrected chi connectivity index (χ1v) is 6.31. The van der Waals surface area contributed by atoms with Crippen LogP contribution in [0.1, 0.15) is 26.7 Å². The molecule has 17 heavy (non-hydrogen) atoms. The van der Waals surface area contributed by atoms with Crippen LogP contribution in [0.4, 0.5) is 0 Å². The van der Waals surface area contributed by atoms with Crippen LogP contribution in [0.2, 0.25) is 0 Å². The number of likely N-dealkylation sites (N-methyl/N-ethyl adjacent to an activating group) is 1. The average molecular weight is 245 g/mol. The van der Waals surface area contributed by atoms with Crippen LogP contribution in [0.5, 0.6) is 0 Å². The van der Waals surface area contributed by atoms with Crippen LogP contribution in [0.3, 0.4) is 0 Å². The van der Waals surface area contributed by atoms with Crippen molar-refractivity contribution in [3.05, 3.63) is 0 Å². The second kappa shape index (κ2) is 9.39. The lowest BCUT2D eigenvalue weighted by molar-refractivity contribution is -0.131. The minimum absolute atomic E-state index is 0.116. The summed E-state index contributed by atoms with van der Waals surface area (Å²) in [7, 11) is 1.81. The molecule has 0 aliphatic rings. The van der Waals surface area contributed by atoms with E-state index < -0.39 is 0 Å². The Morgan fingerprint density at radius 2 is 1.94 bits per heavy atom. The summed E-state index contributed by atoms with van der Waals surface area (Å²) in [6.07, 6.45) is 1.54. The van der Waals surface area contributed by atoms with E-state index in [1.165, 1.54) is 0 Å². The largest absolute Gasteiger partial charge is 0.396 e. The lowest BCUT2D eigenvalue weighted by Gasteiger charge is -2.28. The van der Waals surface area contributed by atoms with Crippen molar-refractivity contribution in [1.29, 1.82) is 0 Å². The van der Waals surface area contributed by atoms with Crippen molar-refractivity contribution in [3.8, 4) is 0 Å². The molecule has 3 N–H and O–H groups in total. The fourth-order valence-corrected chi connectivity index (χ4v) is 1.54. The molecule has 0 saturated carbocycles. The van der Waals surface area contributed by atoms with E-state index in [2.05, 4.69) is 18.7 Å². The summed E-state index contributed by atoms with van der Waals surface area (Å²) >= 11 is 0. The summed E-state index contributed by atoms with van der Waals surface area (Å²) in [5.41, 5.74) is 5.42. The van der Waals surface area contributed by atoms with Crippen LogP contribution >= 0.6 is 0 Å². The van der Waals surface area contributed by atoms with E-state index in [0.29, 0.717) is 32.1 Å². The van der Waals surface area contributed by atoms with Crippen LogP contribution in [0.15, 0.2) is 0 Å². The highest BCUT2D eigenvalue weighted by Gasteiger charge is 2.16. The molecule has 0 aromatic heterocycles. The summed E-state index contributed by atoms with van der Waals surface area (Å²) in [5, 5.41) is 8.82. The molecule has 5 heteroatoms. The van der Waals surface area contributed by atoms with Gasteiger partial charge in [0.05, 0.1) is 6.54 Å². The van der Waals surface area contributed by atoms with Crippen LogP contribution in [0, 0.1) is 0 Å². The van der Waals surface area contributed by atoms with Crippen molar-refractivity contribution in [2.75, 3.05) is 39.8 Å². The lowest BCUT2D eigenvalue weighted by atomic mass is 10.2. The quantitative estimate of drug-likeness (QED) is 0.594. The van der Waals surface area contributed by atoms with E-state index in [0.717, 1.165) is 13.0 Å². The van der Waals surface area contributed by atoms with E-state index >= 15 is 0 Å². The number of hydrogen-bond acceptors (Lipinski definition) is 4. The average Bonchev–Trinajstić information content (AvgIpc) is 2.30. The molecule has 0 aliphatic carbocycles. The normalized spacial score (nSPS) is 11.2. The summed E-state index contributed by atoms with van der Waals surface area (Å²) in [6, 6.07) is 0.313. The van der Waals surface area contributed by atoms with Crippen molar-refractivity contribution < 1.29 is 9.90 Å². The molecule has 0 atom stereocenters. The molecule has 0 fully saturated rings. The van der Waals surface area contributed by atoms with Gasteiger partial charge in [0, 0.05) is 32.8 Å². The lowest BCUT2D eigenvalue weighted by Crippen LogP contribution is -2.42. The van der Waals surface area contributed by atoms with E-state index in [1.54, 1.807) is 4.90 Å². The van der Waals surface area contributed by atoms with Crippen molar-refractivity contribution >= 4 is 5.91 Å². The van der Waals surface area contributed by atoms with Gasteiger partial charge in [0.1, 0.15) is 0 Å². The number of rotatable bonds is 9. The highest BCUT2D eigenvalue weighted by molar-refractivity contribution is 5.78. The first-order chi connectivity index (χ1) is 8.02. The second-order valence-electron chi connectivity index (χ2n) is 4.60. The van der Waals surface area contributed by atoms with Crippen molar-refractivity contribution in [2.45, 2.75) is 32.7 Å². The third-order valence-corrected chi connectivity index (χ3v) is 2.80. The Hall–Kier alpha value is -0.650. The molecule has 0 spiro atoms. The van der Waals surface area contributed by atoms with Crippen molar-refractivity contribution in [3.63, 3.8) is 0 Å². The number of aliphatic hydroxyl groups is 1. The van der Waals surface area contributed by atoms with E-state index in [9.17, 15) is 4.79 Å². The van der Waals surface area contributed by atoms with Crippen molar-refractivity contribution in [2.24, 2.45) is 5.73 Å². The van der Waals surface area contributed by atoms with Crippen molar-refractivity contribution in [1.82, 2.24) is 9.80 Å². The minimum atomic E-state index is 0.116. The number of carbonyl (C=O) groups is 1. The van der Waals surface area contributed by atoms with Gasteiger partial charge in [0.25, 0.3) is 0 Å². The zero-order valence-corrected chi connectivity index (χ0v) is 11.4. The van der Waals surface area contributed by atoms with Gasteiger partial charge >= 0.3 is 0 Å².